The molecule has 0 aliphatic heterocycles. The van der Waals surface area contributed by atoms with E-state index < -0.39 is 0 Å². The number of hydrogen-bond donors (Lipinski definition) is 0. The van der Waals surface area contributed by atoms with E-state index in [0.29, 0.717) is 12.5 Å². The molecule has 2 rings (SSSR count). The van der Waals surface area contributed by atoms with Crippen LogP contribution in [0.1, 0.15) is 46.5 Å². The van der Waals surface area contributed by atoms with Crippen molar-refractivity contribution in [3.8, 4) is 16.9 Å². The minimum absolute atomic E-state index is 0.0823. The Morgan fingerprint density at radius 3 is 2.46 bits per heavy atom. The lowest BCUT2D eigenvalue weighted by Gasteiger charge is -2.17. The molecule has 0 N–H and O–H groups in total. The minimum Gasteiger partial charge on any atom is -0.491 e. The van der Waals surface area contributed by atoms with Gasteiger partial charge in [-0.3, -0.25) is 4.79 Å². The van der Waals surface area contributed by atoms with Gasteiger partial charge in [-0.2, -0.15) is 0 Å². The summed E-state index contributed by atoms with van der Waals surface area (Å²) in [6, 6.07) is 14.8. The van der Waals surface area contributed by atoms with Gasteiger partial charge in [-0.05, 0) is 55.4 Å². The topological polar surface area (TPSA) is 26.3 Å². The fourth-order valence-electron chi connectivity index (χ4n) is 3.08. The molecule has 0 heterocycles. The second kappa shape index (κ2) is 10.1. The summed E-state index contributed by atoms with van der Waals surface area (Å²) < 4.78 is 19.9. The molecule has 0 aliphatic carbocycles. The minimum atomic E-state index is -0.353. The summed E-state index contributed by atoms with van der Waals surface area (Å²) in [4.78, 5) is 11.8. The summed E-state index contributed by atoms with van der Waals surface area (Å²) >= 11 is 0. The Bertz CT molecular complexity index is 697. The van der Waals surface area contributed by atoms with E-state index in [1.165, 1.54) is 6.07 Å². The number of ether oxygens (including phenoxy) is 1. The third-order valence-electron chi connectivity index (χ3n) is 4.95. The SMILES string of the molecule is CCC(C)C[C@H](CCCOc1ccc(-c2ccccc2)cc1F)C(C)=O. The van der Waals surface area contributed by atoms with Gasteiger partial charge in [0.1, 0.15) is 5.78 Å². The summed E-state index contributed by atoms with van der Waals surface area (Å²) in [6.45, 7) is 6.41. The third-order valence-corrected chi connectivity index (χ3v) is 4.95. The molecule has 0 saturated heterocycles. The highest BCUT2D eigenvalue weighted by atomic mass is 19.1. The van der Waals surface area contributed by atoms with Crippen molar-refractivity contribution in [2.45, 2.75) is 46.5 Å². The van der Waals surface area contributed by atoms with Gasteiger partial charge in [0.25, 0.3) is 0 Å². The lowest BCUT2D eigenvalue weighted by molar-refractivity contribution is -0.121. The third kappa shape index (κ3) is 5.98. The van der Waals surface area contributed by atoms with Crippen LogP contribution in [-0.4, -0.2) is 12.4 Å². The Hall–Kier alpha value is -2.16. The molecular formula is C23H29FO2. The van der Waals surface area contributed by atoms with Gasteiger partial charge in [0.2, 0.25) is 0 Å². The number of halogens is 1. The average Bonchev–Trinajstić information content (AvgIpc) is 2.65. The molecule has 140 valence electrons. The number of hydrogen-bond acceptors (Lipinski definition) is 2. The van der Waals surface area contributed by atoms with Crippen molar-refractivity contribution in [1.29, 1.82) is 0 Å². The molecule has 2 atom stereocenters. The highest BCUT2D eigenvalue weighted by Crippen LogP contribution is 2.26. The fourth-order valence-corrected chi connectivity index (χ4v) is 3.08. The van der Waals surface area contributed by atoms with Crippen LogP contribution in [0.15, 0.2) is 48.5 Å². The van der Waals surface area contributed by atoms with Gasteiger partial charge in [0.05, 0.1) is 6.61 Å². The van der Waals surface area contributed by atoms with Crippen molar-refractivity contribution < 1.29 is 13.9 Å². The number of carbonyl (C=O) groups excluding carboxylic acids is 1. The molecule has 0 aromatic heterocycles. The van der Waals surface area contributed by atoms with Crippen molar-refractivity contribution in [1.82, 2.24) is 0 Å². The molecule has 2 aromatic carbocycles. The van der Waals surface area contributed by atoms with Crippen LogP contribution < -0.4 is 4.74 Å². The van der Waals surface area contributed by atoms with Gasteiger partial charge in [-0.25, -0.2) is 4.39 Å². The van der Waals surface area contributed by atoms with Crippen LogP contribution in [0, 0.1) is 17.7 Å². The van der Waals surface area contributed by atoms with Crippen molar-refractivity contribution in [2.24, 2.45) is 11.8 Å². The van der Waals surface area contributed by atoms with Gasteiger partial charge in [-0.1, -0.05) is 56.7 Å². The standard InChI is InChI=1S/C23H29FO2/c1-4-17(2)15-20(18(3)25)11-8-14-26-23-13-12-21(16-22(23)24)19-9-6-5-7-10-19/h5-7,9-10,12-13,16-17,20H,4,8,11,14-15H2,1-3H3/t17?,20-/m0/s1. The van der Waals surface area contributed by atoms with Crippen LogP contribution in [0.2, 0.25) is 0 Å². The molecule has 1 unspecified atom stereocenters. The zero-order valence-corrected chi connectivity index (χ0v) is 16.0. The summed E-state index contributed by atoms with van der Waals surface area (Å²) in [5.41, 5.74) is 1.81. The van der Waals surface area contributed by atoms with Crippen molar-refractivity contribution >= 4 is 5.78 Å². The largest absolute Gasteiger partial charge is 0.491 e. The van der Waals surface area contributed by atoms with Crippen molar-refractivity contribution in [3.63, 3.8) is 0 Å². The number of benzene rings is 2. The maximum Gasteiger partial charge on any atom is 0.165 e. The number of rotatable bonds is 10. The first-order valence-corrected chi connectivity index (χ1v) is 9.49. The predicted octanol–water partition coefficient (Wildman–Crippen LogP) is 6.29. The van der Waals surface area contributed by atoms with Gasteiger partial charge < -0.3 is 4.74 Å². The maximum atomic E-state index is 14.3. The van der Waals surface area contributed by atoms with Gasteiger partial charge in [0.15, 0.2) is 11.6 Å². The highest BCUT2D eigenvalue weighted by molar-refractivity contribution is 5.78. The zero-order chi connectivity index (χ0) is 18.9. The molecule has 0 amide bonds. The van der Waals surface area contributed by atoms with Crippen LogP contribution in [0.3, 0.4) is 0 Å². The van der Waals surface area contributed by atoms with E-state index in [2.05, 4.69) is 13.8 Å². The van der Waals surface area contributed by atoms with Gasteiger partial charge in [-0.15, -0.1) is 0 Å². The van der Waals surface area contributed by atoms with E-state index in [4.69, 9.17) is 4.74 Å². The molecule has 0 fully saturated rings. The Morgan fingerprint density at radius 1 is 1.12 bits per heavy atom. The monoisotopic (exact) mass is 356 g/mol. The first kappa shape index (κ1) is 20.2. The van der Waals surface area contributed by atoms with Crippen molar-refractivity contribution in [2.75, 3.05) is 6.61 Å². The smallest absolute Gasteiger partial charge is 0.165 e. The van der Waals surface area contributed by atoms with Crippen LogP contribution in [0.5, 0.6) is 5.75 Å². The lowest BCUT2D eigenvalue weighted by atomic mass is 9.88. The normalized spacial score (nSPS) is 13.2. The Labute approximate surface area is 156 Å². The molecule has 0 spiro atoms. The van der Waals surface area contributed by atoms with Crippen molar-refractivity contribution in [3.05, 3.63) is 54.3 Å². The van der Waals surface area contributed by atoms with E-state index in [1.54, 1.807) is 13.0 Å². The number of ketones is 1. The summed E-state index contributed by atoms with van der Waals surface area (Å²) in [5, 5.41) is 0. The fraction of sp³-hybridized carbons (Fsp3) is 0.435. The lowest BCUT2D eigenvalue weighted by Crippen LogP contribution is -2.15. The molecule has 26 heavy (non-hydrogen) atoms. The number of carbonyl (C=O) groups is 1. The van der Waals surface area contributed by atoms with Crippen LogP contribution in [-0.2, 0) is 4.79 Å². The molecule has 0 radical (unpaired) electrons. The average molecular weight is 356 g/mol. The molecule has 0 bridgehead atoms. The first-order chi connectivity index (χ1) is 12.5. The van der Waals surface area contributed by atoms with Gasteiger partial charge >= 0.3 is 0 Å². The van der Waals surface area contributed by atoms with Crippen LogP contribution in [0.25, 0.3) is 11.1 Å². The van der Waals surface area contributed by atoms with E-state index in [9.17, 15) is 9.18 Å². The van der Waals surface area contributed by atoms with E-state index in [-0.39, 0.29) is 23.3 Å². The second-order valence-corrected chi connectivity index (χ2v) is 7.06. The Balaban J connectivity index is 1.86. The molecule has 2 nitrogen and oxygen atoms in total. The maximum absolute atomic E-state index is 14.3. The molecule has 3 heteroatoms. The van der Waals surface area contributed by atoms with E-state index >= 15 is 0 Å². The number of Topliss-reactive ketones (excluding diaryl/α,β-unsaturated/α-hetero) is 1. The Morgan fingerprint density at radius 2 is 1.85 bits per heavy atom. The summed E-state index contributed by atoms with van der Waals surface area (Å²) in [5.74, 6) is 0.787. The molecule has 0 saturated carbocycles. The molecule has 2 aromatic rings. The Kier molecular flexibility index (Phi) is 7.83. The van der Waals surface area contributed by atoms with Crippen LogP contribution in [0.4, 0.5) is 4.39 Å². The summed E-state index contributed by atoms with van der Waals surface area (Å²) in [6.07, 6.45) is 3.55. The highest BCUT2D eigenvalue weighted by Gasteiger charge is 2.17. The zero-order valence-electron chi connectivity index (χ0n) is 16.0. The quantitative estimate of drug-likeness (QED) is 0.467. The summed E-state index contributed by atoms with van der Waals surface area (Å²) in [7, 11) is 0. The second-order valence-electron chi connectivity index (χ2n) is 7.06. The van der Waals surface area contributed by atoms with Gasteiger partial charge in [0, 0.05) is 5.92 Å². The van der Waals surface area contributed by atoms with E-state index in [0.717, 1.165) is 36.8 Å². The predicted molar refractivity (Wildman–Crippen MR) is 105 cm³/mol. The van der Waals surface area contributed by atoms with Crippen LogP contribution >= 0.6 is 0 Å². The van der Waals surface area contributed by atoms with E-state index in [1.807, 2.05) is 36.4 Å². The molecule has 0 aliphatic rings. The molecular weight excluding hydrogens is 327 g/mol. The first-order valence-electron chi connectivity index (χ1n) is 9.49.